The van der Waals surface area contributed by atoms with Gasteiger partial charge in [0.05, 0.1) is 24.8 Å². The van der Waals surface area contributed by atoms with E-state index in [4.69, 9.17) is 19.1 Å². The second kappa shape index (κ2) is 8.56. The monoisotopic (exact) mass is 367 g/mol. The maximum atomic E-state index is 12.9. The minimum Gasteiger partial charge on any atom is -0.324 e. The van der Waals surface area contributed by atoms with E-state index in [0.717, 1.165) is 0 Å². The molecular formula is C16H22N3O5P. The summed E-state index contributed by atoms with van der Waals surface area (Å²) in [6.45, 7) is 3.95. The molecule has 8 nitrogen and oxygen atoms in total. The summed E-state index contributed by atoms with van der Waals surface area (Å²) in [6.07, 6.45) is -0.615. The SMILES string of the molecule is CCOP(=O)(OCC)[C@@H]1C[C@@H](C(=O)Nc2ccc(C#N)cc2)ON1C. The van der Waals surface area contributed by atoms with Gasteiger partial charge in [-0.25, -0.2) is 0 Å². The van der Waals surface area contributed by atoms with Crippen molar-refractivity contribution < 1.29 is 23.2 Å². The molecular weight excluding hydrogens is 345 g/mol. The highest BCUT2D eigenvalue weighted by molar-refractivity contribution is 7.54. The van der Waals surface area contributed by atoms with E-state index in [1.807, 2.05) is 6.07 Å². The van der Waals surface area contributed by atoms with Crippen molar-refractivity contribution in [2.75, 3.05) is 25.6 Å². The van der Waals surface area contributed by atoms with Crippen molar-refractivity contribution in [2.24, 2.45) is 0 Å². The summed E-state index contributed by atoms with van der Waals surface area (Å²) in [6, 6.07) is 8.50. The van der Waals surface area contributed by atoms with Crippen LogP contribution in [0.5, 0.6) is 0 Å². The zero-order valence-corrected chi connectivity index (χ0v) is 15.4. The van der Waals surface area contributed by atoms with Gasteiger partial charge in [0, 0.05) is 19.2 Å². The molecule has 0 aliphatic carbocycles. The third kappa shape index (κ3) is 4.66. The van der Waals surface area contributed by atoms with Crippen molar-refractivity contribution in [2.45, 2.75) is 32.2 Å². The first-order chi connectivity index (χ1) is 11.9. The molecule has 0 saturated carbocycles. The Morgan fingerprint density at radius 2 is 1.96 bits per heavy atom. The Bertz CT molecular complexity index is 678. The number of hydrogen-bond acceptors (Lipinski definition) is 7. The zero-order chi connectivity index (χ0) is 18.4. The number of carbonyl (C=O) groups excluding carboxylic acids is 1. The number of amides is 1. The van der Waals surface area contributed by atoms with Gasteiger partial charge in [-0.1, -0.05) is 0 Å². The summed E-state index contributed by atoms with van der Waals surface area (Å²) >= 11 is 0. The fourth-order valence-electron chi connectivity index (χ4n) is 2.56. The Balaban J connectivity index is 2.05. The third-order valence-electron chi connectivity index (χ3n) is 3.70. The molecule has 1 aromatic carbocycles. The van der Waals surface area contributed by atoms with Crippen LogP contribution < -0.4 is 5.32 Å². The lowest BCUT2D eigenvalue weighted by molar-refractivity contribution is -0.155. The van der Waals surface area contributed by atoms with Crippen LogP contribution in [0.4, 0.5) is 5.69 Å². The maximum Gasteiger partial charge on any atom is 0.350 e. The molecule has 1 heterocycles. The molecule has 0 unspecified atom stereocenters. The van der Waals surface area contributed by atoms with Crippen molar-refractivity contribution in [3.63, 3.8) is 0 Å². The van der Waals surface area contributed by atoms with E-state index in [0.29, 0.717) is 11.3 Å². The van der Waals surface area contributed by atoms with Crippen LogP contribution in [-0.2, 0) is 23.2 Å². The normalized spacial score (nSPS) is 21.0. The minimum atomic E-state index is -3.41. The van der Waals surface area contributed by atoms with E-state index in [-0.39, 0.29) is 25.5 Å². The number of carbonyl (C=O) groups is 1. The number of nitrogens with one attached hydrogen (secondary N) is 1. The predicted molar refractivity (Wildman–Crippen MR) is 91.7 cm³/mol. The molecule has 136 valence electrons. The number of hydrogen-bond donors (Lipinski definition) is 1. The van der Waals surface area contributed by atoms with Gasteiger partial charge in [0.15, 0.2) is 6.10 Å². The molecule has 0 radical (unpaired) electrons. The number of hydroxylamine groups is 2. The first-order valence-corrected chi connectivity index (χ1v) is 9.64. The number of nitriles is 1. The maximum absolute atomic E-state index is 12.9. The molecule has 1 amide bonds. The van der Waals surface area contributed by atoms with Crippen molar-refractivity contribution in [3.8, 4) is 6.07 Å². The van der Waals surface area contributed by atoms with Gasteiger partial charge >= 0.3 is 7.60 Å². The average Bonchev–Trinajstić information content (AvgIpc) is 2.99. The van der Waals surface area contributed by atoms with E-state index in [1.165, 1.54) is 5.06 Å². The first kappa shape index (κ1) is 19.6. The van der Waals surface area contributed by atoms with Gasteiger partial charge in [-0.2, -0.15) is 10.3 Å². The summed E-state index contributed by atoms with van der Waals surface area (Å²) in [5.74, 6) is -1.01. The van der Waals surface area contributed by atoms with Gasteiger partial charge < -0.3 is 14.4 Å². The molecule has 9 heteroatoms. The predicted octanol–water partition coefficient (Wildman–Crippen LogP) is 2.72. The first-order valence-electron chi connectivity index (χ1n) is 8.03. The van der Waals surface area contributed by atoms with Crippen LogP contribution in [0.2, 0.25) is 0 Å². The van der Waals surface area contributed by atoms with Gasteiger partial charge in [0.2, 0.25) is 0 Å². The molecule has 1 fully saturated rings. The highest BCUT2D eigenvalue weighted by Crippen LogP contribution is 2.57. The Hall–Kier alpha value is -1.75. The molecule has 1 N–H and O–H groups in total. The van der Waals surface area contributed by atoms with E-state index >= 15 is 0 Å². The summed E-state index contributed by atoms with van der Waals surface area (Å²) in [7, 11) is -1.81. The Morgan fingerprint density at radius 1 is 1.36 bits per heavy atom. The Labute approximate surface area is 147 Å². The number of nitrogens with zero attached hydrogens (tertiary/aromatic N) is 2. The lowest BCUT2D eigenvalue weighted by atomic mass is 10.2. The van der Waals surface area contributed by atoms with Gasteiger partial charge in [-0.05, 0) is 38.1 Å². The lowest BCUT2D eigenvalue weighted by Gasteiger charge is -2.25. The Morgan fingerprint density at radius 3 is 2.48 bits per heavy atom. The summed E-state index contributed by atoms with van der Waals surface area (Å²) < 4.78 is 23.6. The molecule has 1 saturated heterocycles. The topological polar surface area (TPSA) is 101 Å². The second-order valence-corrected chi connectivity index (χ2v) is 7.60. The molecule has 0 bridgehead atoms. The summed E-state index contributed by atoms with van der Waals surface area (Å²) in [5.41, 5.74) is 1.06. The third-order valence-corrected chi connectivity index (χ3v) is 6.20. The van der Waals surface area contributed by atoms with E-state index in [2.05, 4.69) is 5.32 Å². The lowest BCUT2D eigenvalue weighted by Crippen LogP contribution is -2.28. The van der Waals surface area contributed by atoms with Gasteiger partial charge in [0.25, 0.3) is 5.91 Å². The minimum absolute atomic E-state index is 0.190. The average molecular weight is 367 g/mol. The molecule has 0 aromatic heterocycles. The molecule has 2 rings (SSSR count). The highest BCUT2D eigenvalue weighted by atomic mass is 31.2. The van der Waals surface area contributed by atoms with Crippen molar-refractivity contribution in [1.29, 1.82) is 5.26 Å². The van der Waals surface area contributed by atoms with Crippen LogP contribution in [0.15, 0.2) is 24.3 Å². The van der Waals surface area contributed by atoms with Crippen LogP contribution in [0.1, 0.15) is 25.8 Å². The number of anilines is 1. The molecule has 2 atom stereocenters. The number of rotatable bonds is 7. The molecule has 25 heavy (non-hydrogen) atoms. The summed E-state index contributed by atoms with van der Waals surface area (Å²) in [4.78, 5) is 17.9. The smallest absolute Gasteiger partial charge is 0.324 e. The molecule has 1 aliphatic rings. The van der Waals surface area contributed by atoms with Crippen molar-refractivity contribution in [3.05, 3.63) is 29.8 Å². The quantitative estimate of drug-likeness (QED) is 0.740. The van der Waals surface area contributed by atoms with Crippen LogP contribution >= 0.6 is 7.60 Å². The second-order valence-electron chi connectivity index (χ2n) is 5.41. The fourth-order valence-corrected chi connectivity index (χ4v) is 4.60. The van der Waals surface area contributed by atoms with Crippen molar-refractivity contribution in [1.82, 2.24) is 5.06 Å². The fraction of sp³-hybridized carbons (Fsp3) is 0.500. The van der Waals surface area contributed by atoms with Gasteiger partial charge in [-0.3, -0.25) is 14.2 Å². The molecule has 1 aliphatic heterocycles. The highest BCUT2D eigenvalue weighted by Gasteiger charge is 2.48. The van der Waals surface area contributed by atoms with Crippen molar-refractivity contribution >= 4 is 19.2 Å². The van der Waals surface area contributed by atoms with E-state index < -0.39 is 19.5 Å². The molecule has 0 spiro atoms. The van der Waals surface area contributed by atoms with Gasteiger partial charge in [0.1, 0.15) is 5.78 Å². The Kier molecular flexibility index (Phi) is 6.71. The van der Waals surface area contributed by atoms with Crippen LogP contribution in [0.3, 0.4) is 0 Å². The van der Waals surface area contributed by atoms with Gasteiger partial charge in [-0.15, -0.1) is 0 Å². The summed E-state index contributed by atoms with van der Waals surface area (Å²) in [5, 5.41) is 12.9. The zero-order valence-electron chi connectivity index (χ0n) is 14.5. The van der Waals surface area contributed by atoms with Crippen LogP contribution in [-0.4, -0.2) is 43.1 Å². The van der Waals surface area contributed by atoms with E-state index in [1.54, 1.807) is 45.2 Å². The number of benzene rings is 1. The van der Waals surface area contributed by atoms with Crippen LogP contribution in [0.25, 0.3) is 0 Å². The standard InChI is InChI=1S/C16H22N3O5P/c1-4-22-25(21,23-5-2)15-10-14(24-19(15)3)16(20)18-13-8-6-12(11-17)7-9-13/h6-9,14-15H,4-5,10H2,1-3H3,(H,18,20)/t14-,15+/m0/s1. The van der Waals surface area contributed by atoms with Crippen LogP contribution in [0, 0.1) is 11.3 Å². The largest absolute Gasteiger partial charge is 0.350 e. The molecule has 1 aromatic rings. The van der Waals surface area contributed by atoms with E-state index in [9.17, 15) is 9.36 Å².